The van der Waals surface area contributed by atoms with E-state index in [4.69, 9.17) is 0 Å². The minimum absolute atomic E-state index is 0.350. The van der Waals surface area contributed by atoms with Crippen LogP contribution in [0.1, 0.15) is 17.2 Å². The molecule has 4 rings (SSSR count). The van der Waals surface area contributed by atoms with E-state index in [0.29, 0.717) is 12.2 Å². The van der Waals surface area contributed by atoms with Crippen molar-refractivity contribution in [2.75, 3.05) is 5.32 Å². The SMILES string of the molecule is O=C(Nc1ccc(-c2ccccc2)nn1)N[C@H]1c2ccccc2C[C@H]1O. The van der Waals surface area contributed by atoms with Crippen LogP contribution in [0.15, 0.2) is 66.7 Å². The highest BCUT2D eigenvalue weighted by Crippen LogP contribution is 2.31. The first kappa shape index (κ1) is 16.2. The van der Waals surface area contributed by atoms with Gasteiger partial charge in [-0.25, -0.2) is 4.79 Å². The Bertz CT molecular complexity index is 913. The Kier molecular flexibility index (Phi) is 4.33. The molecule has 130 valence electrons. The van der Waals surface area contributed by atoms with Crippen LogP contribution >= 0.6 is 0 Å². The van der Waals surface area contributed by atoms with Crippen LogP contribution < -0.4 is 10.6 Å². The van der Waals surface area contributed by atoms with Gasteiger partial charge in [-0.3, -0.25) is 5.32 Å². The van der Waals surface area contributed by atoms with E-state index in [9.17, 15) is 9.90 Å². The minimum Gasteiger partial charge on any atom is -0.390 e. The molecule has 0 radical (unpaired) electrons. The van der Waals surface area contributed by atoms with Gasteiger partial charge in [0.2, 0.25) is 0 Å². The Morgan fingerprint density at radius 1 is 0.962 bits per heavy atom. The highest BCUT2D eigenvalue weighted by molar-refractivity contribution is 5.88. The Balaban J connectivity index is 1.42. The van der Waals surface area contributed by atoms with E-state index in [2.05, 4.69) is 20.8 Å². The van der Waals surface area contributed by atoms with Crippen LogP contribution in [0.4, 0.5) is 10.6 Å². The number of rotatable bonds is 3. The molecule has 2 atom stereocenters. The van der Waals surface area contributed by atoms with E-state index in [1.165, 1.54) is 0 Å². The lowest BCUT2D eigenvalue weighted by Crippen LogP contribution is -2.37. The average molecular weight is 346 g/mol. The highest BCUT2D eigenvalue weighted by atomic mass is 16.3. The predicted octanol–water partition coefficient (Wildman–Crippen LogP) is 2.92. The third-order valence-electron chi connectivity index (χ3n) is 4.47. The van der Waals surface area contributed by atoms with Crippen LogP contribution in [0, 0.1) is 0 Å². The zero-order valence-electron chi connectivity index (χ0n) is 14.0. The van der Waals surface area contributed by atoms with Crippen molar-refractivity contribution in [2.24, 2.45) is 0 Å². The Labute approximate surface area is 150 Å². The van der Waals surface area contributed by atoms with Gasteiger partial charge in [-0.2, -0.15) is 0 Å². The number of benzene rings is 2. The molecular formula is C20H18N4O2. The largest absolute Gasteiger partial charge is 0.390 e. The number of anilines is 1. The molecular weight excluding hydrogens is 328 g/mol. The lowest BCUT2D eigenvalue weighted by atomic mass is 10.1. The number of aliphatic hydroxyl groups excluding tert-OH is 1. The van der Waals surface area contributed by atoms with E-state index >= 15 is 0 Å². The second kappa shape index (κ2) is 6.93. The number of hydrogen-bond donors (Lipinski definition) is 3. The maximum atomic E-state index is 12.3. The summed E-state index contributed by atoms with van der Waals surface area (Å²) in [6.45, 7) is 0. The van der Waals surface area contributed by atoms with Gasteiger partial charge < -0.3 is 10.4 Å². The quantitative estimate of drug-likeness (QED) is 0.680. The summed E-state index contributed by atoms with van der Waals surface area (Å²) in [4.78, 5) is 12.3. The number of amides is 2. The molecule has 0 saturated heterocycles. The van der Waals surface area contributed by atoms with E-state index in [0.717, 1.165) is 22.4 Å². The first-order valence-corrected chi connectivity index (χ1v) is 8.43. The lowest BCUT2D eigenvalue weighted by molar-refractivity contribution is 0.144. The molecule has 0 spiro atoms. The fraction of sp³-hybridized carbons (Fsp3) is 0.150. The fourth-order valence-electron chi connectivity index (χ4n) is 3.20. The van der Waals surface area contributed by atoms with Crippen molar-refractivity contribution < 1.29 is 9.90 Å². The van der Waals surface area contributed by atoms with Gasteiger partial charge in [0.05, 0.1) is 17.8 Å². The highest BCUT2D eigenvalue weighted by Gasteiger charge is 2.31. The van der Waals surface area contributed by atoms with Crippen molar-refractivity contribution in [2.45, 2.75) is 18.6 Å². The number of aliphatic hydroxyl groups is 1. The van der Waals surface area contributed by atoms with E-state index in [-0.39, 0.29) is 0 Å². The molecule has 0 unspecified atom stereocenters. The topological polar surface area (TPSA) is 87.1 Å². The zero-order valence-corrected chi connectivity index (χ0v) is 14.0. The van der Waals surface area contributed by atoms with Gasteiger partial charge in [0, 0.05) is 12.0 Å². The van der Waals surface area contributed by atoms with E-state index < -0.39 is 18.2 Å². The normalized spacial score (nSPS) is 18.2. The van der Waals surface area contributed by atoms with Crippen molar-refractivity contribution in [1.29, 1.82) is 0 Å². The summed E-state index contributed by atoms with van der Waals surface area (Å²) in [7, 11) is 0. The molecule has 1 heterocycles. The monoisotopic (exact) mass is 346 g/mol. The molecule has 1 aliphatic rings. The minimum atomic E-state index is -0.635. The molecule has 2 aromatic carbocycles. The summed E-state index contributed by atoms with van der Waals surface area (Å²) in [5, 5.41) is 23.9. The number of hydrogen-bond acceptors (Lipinski definition) is 4. The Hall–Kier alpha value is -3.25. The van der Waals surface area contributed by atoms with Crippen molar-refractivity contribution in [3.63, 3.8) is 0 Å². The first-order valence-electron chi connectivity index (χ1n) is 8.43. The van der Waals surface area contributed by atoms with Gasteiger partial charge in [-0.15, -0.1) is 10.2 Å². The summed E-state index contributed by atoms with van der Waals surface area (Å²) >= 11 is 0. The average Bonchev–Trinajstić information content (AvgIpc) is 2.98. The summed E-state index contributed by atoms with van der Waals surface area (Å²) in [5.74, 6) is 0.350. The smallest absolute Gasteiger partial charge is 0.321 e. The number of nitrogens with zero attached hydrogens (tertiary/aromatic N) is 2. The molecule has 0 fully saturated rings. The van der Waals surface area contributed by atoms with Gasteiger partial charge in [0.15, 0.2) is 5.82 Å². The first-order chi connectivity index (χ1) is 12.7. The van der Waals surface area contributed by atoms with Gasteiger partial charge in [-0.1, -0.05) is 54.6 Å². The summed E-state index contributed by atoms with van der Waals surface area (Å²) in [6.07, 6.45) is -0.100. The molecule has 3 N–H and O–H groups in total. The van der Waals surface area contributed by atoms with Crippen LogP contribution in [-0.4, -0.2) is 27.4 Å². The second-order valence-electron chi connectivity index (χ2n) is 6.22. The summed E-state index contributed by atoms with van der Waals surface area (Å²) in [6, 6.07) is 20.1. The van der Waals surface area contributed by atoms with Gasteiger partial charge in [-0.05, 0) is 23.3 Å². The van der Waals surface area contributed by atoms with Crippen molar-refractivity contribution in [3.05, 3.63) is 77.9 Å². The fourth-order valence-corrected chi connectivity index (χ4v) is 3.20. The lowest BCUT2D eigenvalue weighted by Gasteiger charge is -2.18. The van der Waals surface area contributed by atoms with Crippen LogP contribution in [0.2, 0.25) is 0 Å². The maximum Gasteiger partial charge on any atom is 0.321 e. The Morgan fingerprint density at radius 2 is 1.73 bits per heavy atom. The van der Waals surface area contributed by atoms with Crippen molar-refractivity contribution >= 4 is 11.8 Å². The number of nitrogens with one attached hydrogen (secondary N) is 2. The molecule has 26 heavy (non-hydrogen) atoms. The number of carbonyl (C=O) groups excluding carboxylic acids is 1. The summed E-state index contributed by atoms with van der Waals surface area (Å²) in [5.41, 5.74) is 3.69. The second-order valence-corrected chi connectivity index (χ2v) is 6.22. The standard InChI is InChI=1S/C20H18N4O2/c25-17-12-14-8-4-5-9-15(14)19(17)22-20(26)21-18-11-10-16(23-24-18)13-6-2-1-3-7-13/h1-11,17,19,25H,12H2,(H2,21,22,24,26)/t17-,19+/m1/s1. The van der Waals surface area contributed by atoms with E-state index in [1.807, 2.05) is 54.6 Å². The van der Waals surface area contributed by atoms with Crippen LogP contribution in [0.3, 0.4) is 0 Å². The van der Waals surface area contributed by atoms with Crippen molar-refractivity contribution in [1.82, 2.24) is 15.5 Å². The molecule has 3 aromatic rings. The molecule has 1 aromatic heterocycles. The molecule has 0 bridgehead atoms. The molecule has 0 saturated carbocycles. The molecule has 6 heteroatoms. The maximum absolute atomic E-state index is 12.3. The van der Waals surface area contributed by atoms with Gasteiger partial charge in [0.1, 0.15) is 0 Å². The molecule has 1 aliphatic carbocycles. The van der Waals surface area contributed by atoms with Crippen LogP contribution in [0.25, 0.3) is 11.3 Å². The number of urea groups is 1. The number of carbonyl (C=O) groups is 1. The summed E-state index contributed by atoms with van der Waals surface area (Å²) < 4.78 is 0. The molecule has 6 nitrogen and oxygen atoms in total. The third-order valence-corrected chi connectivity index (χ3v) is 4.47. The number of aromatic nitrogens is 2. The van der Waals surface area contributed by atoms with Gasteiger partial charge in [0.25, 0.3) is 0 Å². The van der Waals surface area contributed by atoms with Crippen LogP contribution in [-0.2, 0) is 6.42 Å². The van der Waals surface area contributed by atoms with E-state index in [1.54, 1.807) is 12.1 Å². The Morgan fingerprint density at radius 3 is 2.50 bits per heavy atom. The van der Waals surface area contributed by atoms with Gasteiger partial charge >= 0.3 is 6.03 Å². The third kappa shape index (κ3) is 3.27. The molecule has 2 amide bonds. The number of fused-ring (bicyclic) bond motifs is 1. The zero-order chi connectivity index (χ0) is 17.9. The van der Waals surface area contributed by atoms with Crippen LogP contribution in [0.5, 0.6) is 0 Å². The van der Waals surface area contributed by atoms with Crippen molar-refractivity contribution in [3.8, 4) is 11.3 Å². The molecule has 0 aliphatic heterocycles. The predicted molar refractivity (Wildman–Crippen MR) is 98.5 cm³/mol.